The maximum absolute atomic E-state index is 13.1. The highest BCUT2D eigenvalue weighted by atomic mass is 28.3. The van der Waals surface area contributed by atoms with Gasteiger partial charge in [-0.15, -0.1) is 0 Å². The van der Waals surface area contributed by atoms with Crippen molar-refractivity contribution in [2.45, 2.75) is 59.4 Å². The summed E-state index contributed by atoms with van der Waals surface area (Å²) < 4.78 is 0. The van der Waals surface area contributed by atoms with Gasteiger partial charge in [-0.05, 0) is 32.9 Å². The molecule has 3 nitrogen and oxygen atoms in total. The van der Waals surface area contributed by atoms with E-state index in [1.807, 2.05) is 44.7 Å². The Hall–Kier alpha value is -1.42. The molecule has 1 rings (SSSR count). The number of carbonyl (C=O) groups is 2. The first-order valence-corrected chi connectivity index (χ1v) is 11.0. The summed E-state index contributed by atoms with van der Waals surface area (Å²) in [6.07, 6.45) is 0.801. The molecule has 0 aliphatic rings. The lowest BCUT2D eigenvalue weighted by Crippen LogP contribution is -2.48. The molecule has 1 aromatic rings. The van der Waals surface area contributed by atoms with Gasteiger partial charge in [0.25, 0.3) is 5.91 Å². The zero-order valence-corrected chi connectivity index (χ0v) is 15.2. The standard InChI is InChI=1S/C17H27NO2Si/c1-12(2)18(13(3)4)17(20)16-14(11-19)9-8-10-15(16)21(5,6)7/h8-13H,1-7H3. The molecule has 1 amide bonds. The first-order chi connectivity index (χ1) is 9.61. The van der Waals surface area contributed by atoms with E-state index in [-0.39, 0.29) is 18.0 Å². The second-order valence-electron chi connectivity index (χ2n) is 7.04. The summed E-state index contributed by atoms with van der Waals surface area (Å²) in [6, 6.07) is 5.83. The van der Waals surface area contributed by atoms with Crippen molar-refractivity contribution in [2.75, 3.05) is 0 Å². The summed E-state index contributed by atoms with van der Waals surface area (Å²) in [6.45, 7) is 14.6. The first-order valence-electron chi connectivity index (χ1n) is 7.52. The number of hydrogen-bond donors (Lipinski definition) is 0. The number of aldehydes is 1. The molecule has 0 atom stereocenters. The van der Waals surface area contributed by atoms with Gasteiger partial charge in [-0.25, -0.2) is 0 Å². The van der Waals surface area contributed by atoms with Crippen LogP contribution in [0.4, 0.5) is 0 Å². The molecule has 0 saturated carbocycles. The molecule has 21 heavy (non-hydrogen) atoms. The van der Waals surface area contributed by atoms with Gasteiger partial charge in [0.1, 0.15) is 0 Å². The fourth-order valence-electron chi connectivity index (χ4n) is 2.73. The molecule has 0 fully saturated rings. The number of amides is 1. The molecule has 0 heterocycles. The molecule has 116 valence electrons. The van der Waals surface area contributed by atoms with Crippen LogP contribution in [-0.4, -0.2) is 37.3 Å². The predicted octanol–water partition coefficient (Wildman–Crippen LogP) is 3.30. The Labute approximate surface area is 129 Å². The Morgan fingerprint density at radius 1 is 1.10 bits per heavy atom. The number of hydrogen-bond acceptors (Lipinski definition) is 2. The lowest BCUT2D eigenvalue weighted by Gasteiger charge is -2.33. The van der Waals surface area contributed by atoms with E-state index in [9.17, 15) is 9.59 Å². The van der Waals surface area contributed by atoms with E-state index < -0.39 is 8.07 Å². The second kappa shape index (κ2) is 6.56. The van der Waals surface area contributed by atoms with Gasteiger partial charge in [-0.2, -0.15) is 0 Å². The van der Waals surface area contributed by atoms with E-state index in [0.717, 1.165) is 11.5 Å². The normalized spacial score (nSPS) is 11.9. The van der Waals surface area contributed by atoms with E-state index >= 15 is 0 Å². The minimum Gasteiger partial charge on any atom is -0.334 e. The van der Waals surface area contributed by atoms with Crippen LogP contribution in [0, 0.1) is 0 Å². The summed E-state index contributed by atoms with van der Waals surface area (Å²) in [5, 5.41) is 1.06. The summed E-state index contributed by atoms with van der Waals surface area (Å²) in [7, 11) is -1.71. The topological polar surface area (TPSA) is 37.4 Å². The molecular weight excluding hydrogens is 278 g/mol. The number of carbonyl (C=O) groups excluding carboxylic acids is 2. The molecule has 0 aliphatic heterocycles. The zero-order chi connectivity index (χ0) is 16.4. The van der Waals surface area contributed by atoms with Crippen molar-refractivity contribution in [1.29, 1.82) is 0 Å². The largest absolute Gasteiger partial charge is 0.334 e. The van der Waals surface area contributed by atoms with Crippen LogP contribution in [0.3, 0.4) is 0 Å². The quantitative estimate of drug-likeness (QED) is 0.618. The Morgan fingerprint density at radius 3 is 2.00 bits per heavy atom. The minimum atomic E-state index is -1.71. The van der Waals surface area contributed by atoms with Gasteiger partial charge in [0, 0.05) is 23.2 Å². The second-order valence-corrected chi connectivity index (χ2v) is 12.1. The van der Waals surface area contributed by atoms with Crippen LogP contribution in [0.15, 0.2) is 18.2 Å². The highest BCUT2D eigenvalue weighted by Gasteiger charge is 2.30. The maximum atomic E-state index is 13.1. The van der Waals surface area contributed by atoms with Gasteiger partial charge in [-0.1, -0.05) is 37.8 Å². The molecular formula is C17H27NO2Si. The lowest BCUT2D eigenvalue weighted by molar-refractivity contribution is 0.0642. The number of benzene rings is 1. The third-order valence-electron chi connectivity index (χ3n) is 3.59. The minimum absolute atomic E-state index is 0.0277. The summed E-state index contributed by atoms with van der Waals surface area (Å²) in [5.41, 5.74) is 1.11. The molecule has 0 radical (unpaired) electrons. The molecule has 0 aliphatic carbocycles. The van der Waals surface area contributed by atoms with Crippen LogP contribution in [0.2, 0.25) is 19.6 Å². The average Bonchev–Trinajstić information content (AvgIpc) is 2.35. The maximum Gasteiger partial charge on any atom is 0.254 e. The third kappa shape index (κ3) is 3.82. The van der Waals surface area contributed by atoms with Gasteiger partial charge in [-0.3, -0.25) is 9.59 Å². The Balaban J connectivity index is 3.53. The van der Waals surface area contributed by atoms with Crippen molar-refractivity contribution in [1.82, 2.24) is 4.90 Å². The molecule has 0 aromatic heterocycles. The van der Waals surface area contributed by atoms with Crippen molar-refractivity contribution in [3.05, 3.63) is 29.3 Å². The molecule has 0 spiro atoms. The molecule has 0 unspecified atom stereocenters. The average molecular weight is 305 g/mol. The van der Waals surface area contributed by atoms with Gasteiger partial charge in [0.2, 0.25) is 0 Å². The van der Waals surface area contributed by atoms with Crippen LogP contribution >= 0.6 is 0 Å². The Kier molecular flexibility index (Phi) is 5.51. The number of rotatable bonds is 5. The van der Waals surface area contributed by atoms with Crippen molar-refractivity contribution in [3.8, 4) is 0 Å². The predicted molar refractivity (Wildman–Crippen MR) is 91.3 cm³/mol. The number of nitrogens with zero attached hydrogens (tertiary/aromatic N) is 1. The van der Waals surface area contributed by atoms with Crippen molar-refractivity contribution < 1.29 is 9.59 Å². The fourth-order valence-corrected chi connectivity index (χ4v) is 4.32. The Bertz CT molecular complexity index is 522. The van der Waals surface area contributed by atoms with Crippen LogP contribution < -0.4 is 5.19 Å². The Morgan fingerprint density at radius 2 is 1.62 bits per heavy atom. The fraction of sp³-hybridized carbons (Fsp3) is 0.529. The van der Waals surface area contributed by atoms with Crippen LogP contribution in [0.1, 0.15) is 48.4 Å². The SMILES string of the molecule is CC(C)N(C(=O)c1c(C=O)cccc1[Si](C)(C)C)C(C)C. The van der Waals surface area contributed by atoms with Crippen LogP contribution in [-0.2, 0) is 0 Å². The van der Waals surface area contributed by atoms with E-state index in [1.54, 1.807) is 6.07 Å². The van der Waals surface area contributed by atoms with E-state index in [4.69, 9.17) is 0 Å². The highest BCUT2D eigenvalue weighted by molar-refractivity contribution is 6.89. The summed E-state index contributed by atoms with van der Waals surface area (Å²) in [5.74, 6) is -0.0277. The van der Waals surface area contributed by atoms with E-state index in [0.29, 0.717) is 11.1 Å². The molecule has 4 heteroatoms. The van der Waals surface area contributed by atoms with Gasteiger partial charge in [0.05, 0.1) is 8.07 Å². The van der Waals surface area contributed by atoms with Crippen molar-refractivity contribution in [3.63, 3.8) is 0 Å². The molecule has 0 saturated heterocycles. The third-order valence-corrected chi connectivity index (χ3v) is 5.63. The monoisotopic (exact) mass is 305 g/mol. The highest BCUT2D eigenvalue weighted by Crippen LogP contribution is 2.17. The summed E-state index contributed by atoms with van der Waals surface area (Å²) in [4.78, 5) is 26.3. The van der Waals surface area contributed by atoms with Gasteiger partial charge >= 0.3 is 0 Å². The lowest BCUT2D eigenvalue weighted by atomic mass is 10.1. The van der Waals surface area contributed by atoms with E-state index in [2.05, 4.69) is 19.6 Å². The molecule has 1 aromatic carbocycles. The van der Waals surface area contributed by atoms with Gasteiger partial charge < -0.3 is 4.90 Å². The first kappa shape index (κ1) is 17.6. The van der Waals surface area contributed by atoms with Crippen LogP contribution in [0.25, 0.3) is 0 Å². The zero-order valence-electron chi connectivity index (χ0n) is 14.2. The van der Waals surface area contributed by atoms with Crippen LogP contribution in [0.5, 0.6) is 0 Å². The van der Waals surface area contributed by atoms with Crippen molar-refractivity contribution >= 4 is 25.5 Å². The van der Waals surface area contributed by atoms with Gasteiger partial charge in [0.15, 0.2) is 6.29 Å². The summed E-state index contributed by atoms with van der Waals surface area (Å²) >= 11 is 0. The molecule has 0 bridgehead atoms. The molecule has 0 N–H and O–H groups in total. The van der Waals surface area contributed by atoms with E-state index in [1.165, 1.54) is 0 Å². The van der Waals surface area contributed by atoms with Crippen molar-refractivity contribution in [2.24, 2.45) is 0 Å². The smallest absolute Gasteiger partial charge is 0.254 e.